The molecule has 20 heavy (non-hydrogen) atoms. The molecule has 1 aromatic carbocycles. The van der Waals surface area contributed by atoms with Crippen molar-refractivity contribution in [3.05, 3.63) is 23.8 Å². The number of rotatable bonds is 5. The van der Waals surface area contributed by atoms with E-state index in [2.05, 4.69) is 34.6 Å². The summed E-state index contributed by atoms with van der Waals surface area (Å²) in [4.78, 5) is 14.4. The second kappa shape index (κ2) is 6.75. The molecule has 0 radical (unpaired) electrons. The highest BCUT2D eigenvalue weighted by Crippen LogP contribution is 2.25. The molecule has 1 heterocycles. The first-order chi connectivity index (χ1) is 9.61. The van der Waals surface area contributed by atoms with E-state index in [-0.39, 0.29) is 11.8 Å². The molecule has 2 rings (SSSR count). The van der Waals surface area contributed by atoms with Crippen molar-refractivity contribution in [1.29, 1.82) is 0 Å². The van der Waals surface area contributed by atoms with Gasteiger partial charge in [-0.15, -0.1) is 0 Å². The van der Waals surface area contributed by atoms with Crippen LogP contribution in [-0.2, 0) is 4.79 Å². The highest BCUT2D eigenvalue weighted by Gasteiger charge is 2.15. The van der Waals surface area contributed by atoms with Gasteiger partial charge in [-0.1, -0.05) is 6.92 Å². The van der Waals surface area contributed by atoms with Gasteiger partial charge < -0.3 is 15.5 Å². The fourth-order valence-electron chi connectivity index (χ4n) is 2.61. The minimum atomic E-state index is -0.0299. The summed E-state index contributed by atoms with van der Waals surface area (Å²) in [5.74, 6) is 0.0361. The van der Waals surface area contributed by atoms with Crippen LogP contribution in [0.3, 0.4) is 0 Å². The first-order valence-corrected chi connectivity index (χ1v) is 7.43. The number of amides is 1. The van der Waals surface area contributed by atoms with Gasteiger partial charge in [-0.3, -0.25) is 4.79 Å². The van der Waals surface area contributed by atoms with Crippen LogP contribution in [0.15, 0.2) is 18.2 Å². The van der Waals surface area contributed by atoms with Crippen LogP contribution in [0, 0.1) is 12.8 Å². The molecule has 0 bridgehead atoms. The molecule has 1 aliphatic heterocycles. The van der Waals surface area contributed by atoms with Crippen molar-refractivity contribution < 1.29 is 4.79 Å². The Balaban J connectivity index is 2.04. The smallest absolute Gasteiger partial charge is 0.228 e. The molecule has 1 unspecified atom stereocenters. The van der Waals surface area contributed by atoms with Gasteiger partial charge in [0.25, 0.3) is 0 Å². The Hall–Kier alpha value is -1.55. The van der Waals surface area contributed by atoms with Crippen LogP contribution in [0.4, 0.5) is 11.4 Å². The van der Waals surface area contributed by atoms with E-state index in [1.165, 1.54) is 18.5 Å². The summed E-state index contributed by atoms with van der Waals surface area (Å²) in [6.07, 6.45) is 2.55. The molecule has 0 spiro atoms. The van der Waals surface area contributed by atoms with Crippen molar-refractivity contribution >= 4 is 17.3 Å². The SMILES string of the molecule is CNCC(C)C(=O)Nc1ccc(N2CCCC2)cc1C. The number of benzene rings is 1. The zero-order valence-corrected chi connectivity index (χ0v) is 12.7. The third-order valence-electron chi connectivity index (χ3n) is 3.90. The number of nitrogens with one attached hydrogen (secondary N) is 2. The topological polar surface area (TPSA) is 44.4 Å². The lowest BCUT2D eigenvalue weighted by Crippen LogP contribution is -2.28. The van der Waals surface area contributed by atoms with Crippen LogP contribution in [0.5, 0.6) is 0 Å². The minimum Gasteiger partial charge on any atom is -0.372 e. The van der Waals surface area contributed by atoms with Gasteiger partial charge in [0.05, 0.1) is 0 Å². The Morgan fingerprint density at radius 2 is 2.05 bits per heavy atom. The number of nitrogens with zero attached hydrogens (tertiary/aromatic N) is 1. The zero-order valence-electron chi connectivity index (χ0n) is 12.7. The van der Waals surface area contributed by atoms with Gasteiger partial charge in [0.2, 0.25) is 5.91 Å². The largest absolute Gasteiger partial charge is 0.372 e. The Labute approximate surface area is 121 Å². The number of carbonyl (C=O) groups excluding carboxylic acids is 1. The van der Waals surface area contributed by atoms with E-state index in [4.69, 9.17) is 0 Å². The summed E-state index contributed by atoms with van der Waals surface area (Å²) in [5.41, 5.74) is 3.31. The fraction of sp³-hybridized carbons (Fsp3) is 0.562. The molecule has 0 aromatic heterocycles. The summed E-state index contributed by atoms with van der Waals surface area (Å²) in [5, 5.41) is 6.04. The molecule has 1 amide bonds. The van der Waals surface area contributed by atoms with Gasteiger partial charge in [-0.05, 0) is 50.6 Å². The van der Waals surface area contributed by atoms with E-state index in [0.29, 0.717) is 6.54 Å². The molecule has 1 atom stereocenters. The van der Waals surface area contributed by atoms with Crippen LogP contribution in [-0.4, -0.2) is 32.6 Å². The summed E-state index contributed by atoms with van der Waals surface area (Å²) < 4.78 is 0. The monoisotopic (exact) mass is 275 g/mol. The predicted molar refractivity (Wildman–Crippen MR) is 84.3 cm³/mol. The van der Waals surface area contributed by atoms with Crippen LogP contribution in [0.2, 0.25) is 0 Å². The summed E-state index contributed by atoms with van der Waals surface area (Å²) >= 11 is 0. The standard InChI is InChI=1S/C16H25N3O/c1-12-10-14(19-8-4-5-9-19)6-7-15(12)18-16(20)13(2)11-17-3/h6-7,10,13,17H,4-5,8-9,11H2,1-3H3,(H,18,20). The highest BCUT2D eigenvalue weighted by molar-refractivity contribution is 5.93. The Morgan fingerprint density at radius 3 is 2.65 bits per heavy atom. The van der Waals surface area contributed by atoms with E-state index in [9.17, 15) is 4.79 Å². The minimum absolute atomic E-state index is 0.0299. The van der Waals surface area contributed by atoms with Crippen molar-refractivity contribution in [2.75, 3.05) is 36.9 Å². The fourth-order valence-corrected chi connectivity index (χ4v) is 2.61. The van der Waals surface area contributed by atoms with Crippen LogP contribution < -0.4 is 15.5 Å². The van der Waals surface area contributed by atoms with E-state index in [0.717, 1.165) is 24.3 Å². The number of anilines is 2. The number of hydrogen-bond donors (Lipinski definition) is 2. The van der Waals surface area contributed by atoms with E-state index < -0.39 is 0 Å². The normalized spacial score (nSPS) is 16.2. The number of aryl methyl sites for hydroxylation is 1. The van der Waals surface area contributed by atoms with Crippen molar-refractivity contribution in [2.24, 2.45) is 5.92 Å². The maximum atomic E-state index is 12.0. The van der Waals surface area contributed by atoms with Crippen molar-refractivity contribution in [1.82, 2.24) is 5.32 Å². The van der Waals surface area contributed by atoms with Crippen molar-refractivity contribution in [3.8, 4) is 0 Å². The van der Waals surface area contributed by atoms with Gasteiger partial charge in [0.1, 0.15) is 0 Å². The maximum absolute atomic E-state index is 12.0. The van der Waals surface area contributed by atoms with E-state index in [1.807, 2.05) is 20.0 Å². The quantitative estimate of drug-likeness (QED) is 0.867. The first kappa shape index (κ1) is 14.9. The van der Waals surface area contributed by atoms with E-state index in [1.54, 1.807) is 0 Å². The van der Waals surface area contributed by atoms with Crippen LogP contribution in [0.25, 0.3) is 0 Å². The summed E-state index contributed by atoms with van der Waals surface area (Å²) in [6, 6.07) is 6.30. The zero-order chi connectivity index (χ0) is 14.5. The second-order valence-electron chi connectivity index (χ2n) is 5.64. The molecule has 1 aromatic rings. The molecular weight excluding hydrogens is 250 g/mol. The first-order valence-electron chi connectivity index (χ1n) is 7.43. The molecule has 1 aliphatic rings. The highest BCUT2D eigenvalue weighted by atomic mass is 16.1. The van der Waals surface area contributed by atoms with Gasteiger partial charge in [-0.2, -0.15) is 0 Å². The van der Waals surface area contributed by atoms with E-state index >= 15 is 0 Å². The molecular formula is C16H25N3O. The van der Waals surface area contributed by atoms with Gasteiger partial charge in [-0.25, -0.2) is 0 Å². The lowest BCUT2D eigenvalue weighted by molar-refractivity contribution is -0.119. The molecule has 4 nitrogen and oxygen atoms in total. The number of hydrogen-bond acceptors (Lipinski definition) is 3. The van der Waals surface area contributed by atoms with Crippen LogP contribution >= 0.6 is 0 Å². The van der Waals surface area contributed by atoms with Crippen LogP contribution in [0.1, 0.15) is 25.3 Å². The van der Waals surface area contributed by atoms with Crippen molar-refractivity contribution in [2.45, 2.75) is 26.7 Å². The molecule has 4 heteroatoms. The Bertz CT molecular complexity index is 467. The Morgan fingerprint density at radius 1 is 1.35 bits per heavy atom. The average molecular weight is 275 g/mol. The third kappa shape index (κ3) is 3.51. The molecule has 0 saturated carbocycles. The lowest BCUT2D eigenvalue weighted by Gasteiger charge is -2.20. The number of carbonyl (C=O) groups is 1. The van der Waals surface area contributed by atoms with Gasteiger partial charge in [0, 0.05) is 36.9 Å². The van der Waals surface area contributed by atoms with Gasteiger partial charge in [0.15, 0.2) is 0 Å². The second-order valence-corrected chi connectivity index (χ2v) is 5.64. The van der Waals surface area contributed by atoms with Gasteiger partial charge >= 0.3 is 0 Å². The molecule has 0 aliphatic carbocycles. The maximum Gasteiger partial charge on any atom is 0.228 e. The molecule has 1 fully saturated rings. The average Bonchev–Trinajstić information content (AvgIpc) is 2.95. The lowest BCUT2D eigenvalue weighted by atomic mass is 10.1. The van der Waals surface area contributed by atoms with Crippen molar-refractivity contribution in [3.63, 3.8) is 0 Å². The predicted octanol–water partition coefficient (Wildman–Crippen LogP) is 2.39. The molecule has 2 N–H and O–H groups in total. The summed E-state index contributed by atoms with van der Waals surface area (Å²) in [6.45, 7) is 6.96. The molecule has 110 valence electrons. The molecule has 1 saturated heterocycles. The third-order valence-corrected chi connectivity index (χ3v) is 3.90. The Kier molecular flexibility index (Phi) is 5.01. The summed E-state index contributed by atoms with van der Waals surface area (Å²) in [7, 11) is 1.86.